The first-order valence-corrected chi connectivity index (χ1v) is 11.7. The minimum absolute atomic E-state index is 0.102. The zero-order chi connectivity index (χ0) is 19.8. The van der Waals surface area contributed by atoms with Crippen LogP contribution >= 0.6 is 0 Å². The molecule has 2 heterocycles. The van der Waals surface area contributed by atoms with E-state index in [0.717, 1.165) is 51.9 Å². The van der Waals surface area contributed by atoms with Gasteiger partial charge in [-0.25, -0.2) is 4.79 Å². The van der Waals surface area contributed by atoms with Gasteiger partial charge in [-0.3, -0.25) is 9.69 Å². The Kier molecular flexibility index (Phi) is 8.44. The summed E-state index contributed by atoms with van der Waals surface area (Å²) in [5, 5.41) is 6.32. The van der Waals surface area contributed by atoms with E-state index < -0.39 is 0 Å². The first-order chi connectivity index (χ1) is 13.6. The van der Waals surface area contributed by atoms with E-state index in [1.165, 1.54) is 45.1 Å². The number of rotatable bonds is 6. The lowest BCUT2D eigenvalue weighted by Crippen LogP contribution is -2.48. The van der Waals surface area contributed by atoms with Crippen LogP contribution in [0.4, 0.5) is 4.79 Å². The Morgan fingerprint density at radius 1 is 0.893 bits per heavy atom. The molecule has 3 aliphatic rings. The maximum Gasteiger partial charge on any atom is 0.317 e. The molecule has 1 atom stereocenters. The van der Waals surface area contributed by atoms with Crippen LogP contribution in [0.5, 0.6) is 0 Å². The molecular formula is C22H40N4O2. The number of hydrogen-bond donors (Lipinski definition) is 2. The molecule has 160 valence electrons. The number of nitrogens with one attached hydrogen (secondary N) is 2. The van der Waals surface area contributed by atoms with E-state index in [-0.39, 0.29) is 11.9 Å². The van der Waals surface area contributed by atoms with E-state index in [1.807, 2.05) is 4.90 Å². The molecule has 2 aliphatic heterocycles. The highest BCUT2D eigenvalue weighted by Gasteiger charge is 2.26. The number of hydrogen-bond acceptors (Lipinski definition) is 3. The van der Waals surface area contributed by atoms with Gasteiger partial charge in [0, 0.05) is 44.7 Å². The van der Waals surface area contributed by atoms with Crippen molar-refractivity contribution in [2.45, 2.75) is 89.6 Å². The minimum Gasteiger partial charge on any atom is -0.355 e. The normalized spacial score (nSPS) is 25.5. The molecule has 0 aromatic rings. The van der Waals surface area contributed by atoms with Crippen LogP contribution in [0.15, 0.2) is 0 Å². The second-order valence-corrected chi connectivity index (χ2v) is 9.15. The number of likely N-dealkylation sites (tertiary alicyclic amines) is 2. The third-order valence-electron chi connectivity index (χ3n) is 6.97. The highest BCUT2D eigenvalue weighted by molar-refractivity contribution is 5.76. The van der Waals surface area contributed by atoms with Crippen molar-refractivity contribution in [3.8, 4) is 0 Å². The van der Waals surface area contributed by atoms with E-state index >= 15 is 0 Å². The van der Waals surface area contributed by atoms with Crippen molar-refractivity contribution >= 4 is 11.9 Å². The van der Waals surface area contributed by atoms with Gasteiger partial charge in [0.15, 0.2) is 0 Å². The predicted octanol–water partition coefficient (Wildman–Crippen LogP) is 3.12. The molecule has 6 heteroatoms. The zero-order valence-corrected chi connectivity index (χ0v) is 17.8. The van der Waals surface area contributed by atoms with Crippen molar-refractivity contribution in [3.63, 3.8) is 0 Å². The van der Waals surface area contributed by atoms with Crippen molar-refractivity contribution < 1.29 is 9.59 Å². The van der Waals surface area contributed by atoms with Gasteiger partial charge in [0.2, 0.25) is 5.91 Å². The van der Waals surface area contributed by atoms with Crippen molar-refractivity contribution in [1.29, 1.82) is 0 Å². The average Bonchev–Trinajstić information content (AvgIpc) is 2.71. The fourth-order valence-electron chi connectivity index (χ4n) is 5.02. The van der Waals surface area contributed by atoms with Gasteiger partial charge in [-0.05, 0) is 57.9 Å². The number of amides is 3. The number of carbonyl (C=O) groups excluding carboxylic acids is 2. The standard InChI is InChI=1S/C22H40N4O2/c1-18-7-5-6-13-25(18)16-12-23-21(27)17-19-10-14-26(15-11-19)22(28)24-20-8-3-2-4-9-20/h18-20H,2-17H2,1H3,(H,23,27)(H,24,28)/t18-/m1/s1. The molecule has 0 radical (unpaired) electrons. The van der Waals surface area contributed by atoms with Gasteiger partial charge in [-0.1, -0.05) is 25.7 Å². The molecule has 0 aromatic heterocycles. The first kappa shape index (κ1) is 21.4. The molecule has 3 rings (SSSR count). The van der Waals surface area contributed by atoms with Gasteiger partial charge in [0.1, 0.15) is 0 Å². The van der Waals surface area contributed by atoms with Crippen LogP contribution in [0.2, 0.25) is 0 Å². The summed E-state index contributed by atoms with van der Waals surface area (Å²) in [7, 11) is 0. The molecule has 28 heavy (non-hydrogen) atoms. The largest absolute Gasteiger partial charge is 0.355 e. The van der Waals surface area contributed by atoms with Crippen molar-refractivity contribution in [2.24, 2.45) is 5.92 Å². The van der Waals surface area contributed by atoms with Crippen molar-refractivity contribution in [3.05, 3.63) is 0 Å². The van der Waals surface area contributed by atoms with Gasteiger partial charge < -0.3 is 15.5 Å². The second kappa shape index (κ2) is 11.0. The summed E-state index contributed by atoms with van der Waals surface area (Å²) in [6.45, 7) is 6.74. The smallest absolute Gasteiger partial charge is 0.317 e. The molecule has 0 spiro atoms. The molecule has 0 unspecified atom stereocenters. The number of urea groups is 1. The van der Waals surface area contributed by atoms with Crippen LogP contribution in [-0.2, 0) is 4.79 Å². The van der Waals surface area contributed by atoms with Crippen molar-refractivity contribution in [1.82, 2.24) is 20.4 Å². The van der Waals surface area contributed by atoms with Crippen LogP contribution in [0.25, 0.3) is 0 Å². The molecule has 2 saturated heterocycles. The fourth-order valence-corrected chi connectivity index (χ4v) is 5.02. The second-order valence-electron chi connectivity index (χ2n) is 9.15. The minimum atomic E-state index is 0.102. The molecule has 1 aliphatic carbocycles. The average molecular weight is 393 g/mol. The Hall–Kier alpha value is -1.30. The lowest BCUT2D eigenvalue weighted by Gasteiger charge is -2.34. The van der Waals surface area contributed by atoms with E-state index in [4.69, 9.17) is 0 Å². The molecule has 0 aromatic carbocycles. The van der Waals surface area contributed by atoms with E-state index in [1.54, 1.807) is 0 Å². The Labute approximate surface area is 170 Å². The Balaban J connectivity index is 1.28. The zero-order valence-electron chi connectivity index (χ0n) is 17.8. The topological polar surface area (TPSA) is 64.7 Å². The van der Waals surface area contributed by atoms with E-state index in [2.05, 4.69) is 22.5 Å². The van der Waals surface area contributed by atoms with Crippen LogP contribution in [0, 0.1) is 5.92 Å². The summed E-state index contributed by atoms with van der Waals surface area (Å²) in [6, 6.07) is 1.12. The maximum absolute atomic E-state index is 12.4. The Bertz CT molecular complexity index is 499. The summed E-state index contributed by atoms with van der Waals surface area (Å²) < 4.78 is 0. The Morgan fingerprint density at radius 3 is 2.32 bits per heavy atom. The summed E-state index contributed by atoms with van der Waals surface area (Å²) in [5.74, 6) is 0.586. The first-order valence-electron chi connectivity index (χ1n) is 11.7. The van der Waals surface area contributed by atoms with Crippen LogP contribution in [-0.4, -0.2) is 66.5 Å². The van der Waals surface area contributed by atoms with E-state index in [0.29, 0.717) is 24.4 Å². The van der Waals surface area contributed by atoms with Gasteiger partial charge in [-0.2, -0.15) is 0 Å². The molecule has 2 N–H and O–H groups in total. The molecule has 1 saturated carbocycles. The van der Waals surface area contributed by atoms with Gasteiger partial charge in [0.25, 0.3) is 0 Å². The van der Waals surface area contributed by atoms with Crippen LogP contribution in [0.1, 0.15) is 77.6 Å². The SMILES string of the molecule is C[C@@H]1CCCCN1CCNC(=O)CC1CCN(C(=O)NC2CCCCC2)CC1. The third-order valence-corrected chi connectivity index (χ3v) is 6.97. The predicted molar refractivity (Wildman–Crippen MR) is 112 cm³/mol. The lowest BCUT2D eigenvalue weighted by molar-refractivity contribution is -0.122. The summed E-state index contributed by atoms with van der Waals surface area (Å²) >= 11 is 0. The summed E-state index contributed by atoms with van der Waals surface area (Å²) in [6.07, 6.45) is 12.4. The van der Waals surface area contributed by atoms with Crippen LogP contribution in [0.3, 0.4) is 0 Å². The number of nitrogens with zero attached hydrogens (tertiary/aromatic N) is 2. The lowest BCUT2D eigenvalue weighted by atomic mass is 9.93. The van der Waals surface area contributed by atoms with Gasteiger partial charge >= 0.3 is 6.03 Å². The van der Waals surface area contributed by atoms with E-state index in [9.17, 15) is 9.59 Å². The highest BCUT2D eigenvalue weighted by atomic mass is 16.2. The third kappa shape index (κ3) is 6.64. The summed E-state index contributed by atoms with van der Waals surface area (Å²) in [4.78, 5) is 29.2. The number of carbonyl (C=O) groups is 2. The highest BCUT2D eigenvalue weighted by Crippen LogP contribution is 2.22. The fraction of sp³-hybridized carbons (Fsp3) is 0.909. The molecule has 3 amide bonds. The van der Waals surface area contributed by atoms with Crippen molar-refractivity contribution in [2.75, 3.05) is 32.7 Å². The molecule has 6 nitrogen and oxygen atoms in total. The summed E-state index contributed by atoms with van der Waals surface area (Å²) in [5.41, 5.74) is 0. The Morgan fingerprint density at radius 2 is 1.61 bits per heavy atom. The monoisotopic (exact) mass is 392 g/mol. The molecule has 0 bridgehead atoms. The number of piperidine rings is 2. The maximum atomic E-state index is 12.4. The molecule has 3 fully saturated rings. The van der Waals surface area contributed by atoms with Gasteiger partial charge in [0.05, 0.1) is 0 Å². The quantitative estimate of drug-likeness (QED) is 0.730. The van der Waals surface area contributed by atoms with Crippen LogP contribution < -0.4 is 10.6 Å². The molecular weight excluding hydrogens is 352 g/mol. The van der Waals surface area contributed by atoms with Gasteiger partial charge in [-0.15, -0.1) is 0 Å².